The molecule has 134 valence electrons. The number of rotatable bonds is 5. The van der Waals surface area contributed by atoms with Crippen molar-refractivity contribution in [1.29, 1.82) is 0 Å². The summed E-state index contributed by atoms with van der Waals surface area (Å²) in [7, 11) is 0. The molecule has 8 heteroatoms. The summed E-state index contributed by atoms with van der Waals surface area (Å²) >= 11 is 0. The molecule has 2 fully saturated rings. The number of piperazine rings is 1. The highest BCUT2D eigenvalue weighted by molar-refractivity contribution is 5.82. The largest absolute Gasteiger partial charge is 0.484 e. The van der Waals surface area contributed by atoms with Gasteiger partial charge in [0.15, 0.2) is 6.61 Å². The van der Waals surface area contributed by atoms with Crippen molar-refractivity contribution in [1.82, 2.24) is 9.80 Å². The van der Waals surface area contributed by atoms with Crippen molar-refractivity contribution in [3.05, 3.63) is 33.9 Å². The van der Waals surface area contributed by atoms with Gasteiger partial charge < -0.3 is 14.5 Å². The molecule has 0 atom stereocenters. The van der Waals surface area contributed by atoms with Crippen molar-refractivity contribution in [3.63, 3.8) is 0 Å². The number of hydrogen-bond donors (Lipinski definition) is 0. The summed E-state index contributed by atoms with van der Waals surface area (Å²) in [5, 5.41) is 10.8. The van der Waals surface area contributed by atoms with Crippen LogP contribution in [-0.4, -0.2) is 59.3 Å². The number of ether oxygens (including phenoxy) is 1. The third kappa shape index (κ3) is 4.07. The van der Waals surface area contributed by atoms with Crippen LogP contribution in [0.1, 0.15) is 18.4 Å². The van der Waals surface area contributed by atoms with Crippen molar-refractivity contribution in [2.24, 2.45) is 5.92 Å². The Morgan fingerprint density at radius 2 is 1.84 bits per heavy atom. The quantitative estimate of drug-likeness (QED) is 0.592. The molecule has 0 spiro atoms. The highest BCUT2D eigenvalue weighted by Crippen LogP contribution is 2.31. The maximum absolute atomic E-state index is 12.2. The molecule has 2 aliphatic rings. The van der Waals surface area contributed by atoms with E-state index in [2.05, 4.69) is 0 Å². The fourth-order valence-corrected chi connectivity index (χ4v) is 2.92. The monoisotopic (exact) mass is 347 g/mol. The standard InChI is InChI=1S/C17H21N3O5/c1-12-10-14(4-5-15(12)20(23)24)25-11-16(21)18-6-8-19(9-7-18)17(22)13-2-3-13/h4-5,10,13H,2-3,6-9,11H2,1H3. The lowest BCUT2D eigenvalue weighted by Gasteiger charge is -2.34. The van der Waals surface area contributed by atoms with Crippen LogP contribution in [0, 0.1) is 23.0 Å². The third-order valence-corrected chi connectivity index (χ3v) is 4.60. The summed E-state index contributed by atoms with van der Waals surface area (Å²) in [5.74, 6) is 0.703. The summed E-state index contributed by atoms with van der Waals surface area (Å²) in [6, 6.07) is 4.42. The zero-order valence-electron chi connectivity index (χ0n) is 14.1. The topological polar surface area (TPSA) is 93.0 Å². The third-order valence-electron chi connectivity index (χ3n) is 4.60. The molecule has 0 unspecified atom stereocenters. The van der Waals surface area contributed by atoms with Crippen LogP contribution in [0.25, 0.3) is 0 Å². The molecule has 0 radical (unpaired) electrons. The van der Waals surface area contributed by atoms with E-state index < -0.39 is 4.92 Å². The average molecular weight is 347 g/mol. The van der Waals surface area contributed by atoms with Crippen molar-refractivity contribution in [2.45, 2.75) is 19.8 Å². The molecule has 1 saturated carbocycles. The van der Waals surface area contributed by atoms with Gasteiger partial charge in [-0.25, -0.2) is 0 Å². The second-order valence-corrected chi connectivity index (χ2v) is 6.47. The molecule has 1 saturated heterocycles. The maximum atomic E-state index is 12.2. The van der Waals surface area contributed by atoms with Gasteiger partial charge in [0.2, 0.25) is 5.91 Å². The van der Waals surface area contributed by atoms with Crippen molar-refractivity contribution >= 4 is 17.5 Å². The molecular weight excluding hydrogens is 326 g/mol. The molecule has 1 aromatic carbocycles. The van der Waals surface area contributed by atoms with E-state index in [9.17, 15) is 19.7 Å². The first kappa shape index (κ1) is 17.2. The number of hydrogen-bond acceptors (Lipinski definition) is 5. The normalized spacial score (nSPS) is 17.3. The molecule has 0 N–H and O–H groups in total. The predicted octanol–water partition coefficient (Wildman–Crippen LogP) is 1.36. The van der Waals surface area contributed by atoms with E-state index >= 15 is 0 Å². The van der Waals surface area contributed by atoms with Gasteiger partial charge in [-0.1, -0.05) is 0 Å². The Morgan fingerprint density at radius 3 is 2.40 bits per heavy atom. The Morgan fingerprint density at radius 1 is 1.20 bits per heavy atom. The second kappa shape index (κ2) is 7.08. The van der Waals surface area contributed by atoms with Crippen LogP contribution in [-0.2, 0) is 9.59 Å². The summed E-state index contributed by atoms with van der Waals surface area (Å²) in [4.78, 5) is 38.1. The van der Waals surface area contributed by atoms with E-state index in [1.807, 2.05) is 4.90 Å². The Balaban J connectivity index is 1.47. The van der Waals surface area contributed by atoms with Gasteiger partial charge in [-0.05, 0) is 31.9 Å². The number of nitrogens with zero attached hydrogens (tertiary/aromatic N) is 3. The minimum absolute atomic E-state index is 0.0233. The summed E-state index contributed by atoms with van der Waals surface area (Å²) < 4.78 is 5.46. The van der Waals surface area contributed by atoms with E-state index in [4.69, 9.17) is 4.74 Å². The van der Waals surface area contributed by atoms with Gasteiger partial charge in [-0.3, -0.25) is 19.7 Å². The number of carbonyl (C=O) groups is 2. The van der Waals surface area contributed by atoms with Gasteiger partial charge in [-0.2, -0.15) is 0 Å². The predicted molar refractivity (Wildman–Crippen MR) is 89.2 cm³/mol. The smallest absolute Gasteiger partial charge is 0.272 e. The fourth-order valence-electron chi connectivity index (χ4n) is 2.92. The van der Waals surface area contributed by atoms with Gasteiger partial charge >= 0.3 is 0 Å². The van der Waals surface area contributed by atoms with Crippen molar-refractivity contribution in [2.75, 3.05) is 32.8 Å². The highest BCUT2D eigenvalue weighted by Gasteiger charge is 2.35. The molecular formula is C17H21N3O5. The lowest BCUT2D eigenvalue weighted by Crippen LogP contribution is -2.52. The molecule has 1 aliphatic heterocycles. The number of aryl methyl sites for hydroxylation is 1. The molecule has 25 heavy (non-hydrogen) atoms. The van der Waals surface area contributed by atoms with Gasteiger partial charge in [0.25, 0.3) is 11.6 Å². The van der Waals surface area contributed by atoms with Crippen molar-refractivity contribution < 1.29 is 19.2 Å². The highest BCUT2D eigenvalue weighted by atomic mass is 16.6. The molecule has 1 aromatic rings. The molecule has 8 nitrogen and oxygen atoms in total. The Bertz CT molecular complexity index is 694. The minimum Gasteiger partial charge on any atom is -0.484 e. The molecule has 1 aliphatic carbocycles. The minimum atomic E-state index is -0.452. The van der Waals surface area contributed by atoms with Crippen LogP contribution in [0.5, 0.6) is 5.75 Å². The maximum Gasteiger partial charge on any atom is 0.272 e. The van der Waals surface area contributed by atoms with E-state index in [0.717, 1.165) is 12.8 Å². The van der Waals surface area contributed by atoms with E-state index in [-0.39, 0.29) is 30.0 Å². The summed E-state index contributed by atoms with van der Waals surface area (Å²) in [5.41, 5.74) is 0.511. The van der Waals surface area contributed by atoms with E-state index in [1.165, 1.54) is 12.1 Å². The summed E-state index contributed by atoms with van der Waals surface area (Å²) in [6.45, 7) is 3.67. The molecule has 3 rings (SSSR count). The number of nitro groups is 1. The molecule has 0 bridgehead atoms. The lowest BCUT2D eigenvalue weighted by molar-refractivity contribution is -0.385. The Kier molecular flexibility index (Phi) is 4.87. The number of amides is 2. The van der Waals surface area contributed by atoms with Crippen LogP contribution < -0.4 is 4.74 Å². The van der Waals surface area contributed by atoms with Crippen LogP contribution in [0.2, 0.25) is 0 Å². The molecule has 0 aromatic heterocycles. The van der Waals surface area contributed by atoms with Crippen LogP contribution >= 0.6 is 0 Å². The van der Waals surface area contributed by atoms with E-state index in [0.29, 0.717) is 37.5 Å². The van der Waals surface area contributed by atoms with Crippen LogP contribution in [0.4, 0.5) is 5.69 Å². The Hall–Kier alpha value is -2.64. The SMILES string of the molecule is Cc1cc(OCC(=O)N2CCN(C(=O)C3CC3)CC2)ccc1[N+](=O)[O-]. The second-order valence-electron chi connectivity index (χ2n) is 6.47. The first-order valence-corrected chi connectivity index (χ1v) is 8.40. The zero-order valence-corrected chi connectivity index (χ0v) is 14.1. The number of nitro benzene ring substituents is 1. The van der Waals surface area contributed by atoms with E-state index in [1.54, 1.807) is 17.9 Å². The first-order valence-electron chi connectivity index (χ1n) is 8.40. The van der Waals surface area contributed by atoms with Gasteiger partial charge in [-0.15, -0.1) is 0 Å². The first-order chi connectivity index (χ1) is 12.0. The number of benzene rings is 1. The van der Waals surface area contributed by atoms with Crippen LogP contribution in [0.15, 0.2) is 18.2 Å². The summed E-state index contributed by atoms with van der Waals surface area (Å²) in [6.07, 6.45) is 1.97. The van der Waals surface area contributed by atoms with Crippen LogP contribution in [0.3, 0.4) is 0 Å². The van der Waals surface area contributed by atoms with Crippen molar-refractivity contribution in [3.8, 4) is 5.75 Å². The fraction of sp³-hybridized carbons (Fsp3) is 0.529. The molecule has 1 heterocycles. The van der Waals surface area contributed by atoms with Gasteiger partial charge in [0.05, 0.1) is 4.92 Å². The Labute approximate surface area is 145 Å². The molecule has 2 amide bonds. The van der Waals surface area contributed by atoms with Gasteiger partial charge in [0.1, 0.15) is 5.75 Å². The van der Waals surface area contributed by atoms with Gasteiger partial charge in [0, 0.05) is 43.7 Å². The average Bonchev–Trinajstić information content (AvgIpc) is 3.44. The lowest BCUT2D eigenvalue weighted by atomic mass is 10.2. The number of carbonyl (C=O) groups excluding carboxylic acids is 2. The zero-order chi connectivity index (χ0) is 18.0.